The van der Waals surface area contributed by atoms with Crippen LogP contribution in [0, 0.1) is 0 Å². The number of amides is 1. The minimum Gasteiger partial charge on any atom is -0.352 e. The van der Waals surface area contributed by atoms with Gasteiger partial charge in [-0.05, 0) is 31.0 Å². The molecule has 0 spiro atoms. The van der Waals surface area contributed by atoms with Crippen molar-refractivity contribution >= 4 is 17.6 Å². The highest BCUT2D eigenvalue weighted by Crippen LogP contribution is 2.25. The van der Waals surface area contributed by atoms with Crippen LogP contribution in [-0.4, -0.2) is 73.7 Å². The van der Waals surface area contributed by atoms with Crippen molar-refractivity contribution in [2.45, 2.75) is 38.5 Å². The molecule has 1 unspecified atom stereocenters. The molecule has 1 atom stereocenters. The Labute approximate surface area is 169 Å². The Bertz CT molecular complexity index is 727. The monoisotopic (exact) mass is 411 g/mol. The van der Waals surface area contributed by atoms with Crippen LogP contribution in [0.2, 0.25) is 0 Å². The third kappa shape index (κ3) is 5.20. The van der Waals surface area contributed by atoms with E-state index in [9.17, 15) is 18.0 Å². The lowest BCUT2D eigenvalue weighted by Crippen LogP contribution is -2.56. The molecule has 0 radical (unpaired) electrons. The molecule has 2 fully saturated rings. The van der Waals surface area contributed by atoms with E-state index in [2.05, 4.69) is 10.3 Å². The number of aliphatic imine (C=N–C) groups is 1. The second-order valence-corrected chi connectivity index (χ2v) is 7.46. The van der Waals surface area contributed by atoms with Crippen molar-refractivity contribution in [2.24, 2.45) is 4.99 Å². The molecule has 3 rings (SSSR count). The number of anilines is 1. The zero-order valence-corrected chi connectivity index (χ0v) is 16.9. The molecule has 1 aromatic carbocycles. The van der Waals surface area contributed by atoms with Gasteiger partial charge in [0, 0.05) is 58.4 Å². The zero-order valence-electron chi connectivity index (χ0n) is 16.9. The van der Waals surface area contributed by atoms with Crippen LogP contribution < -0.4 is 10.2 Å². The van der Waals surface area contributed by atoms with E-state index < -0.39 is 12.2 Å². The van der Waals surface area contributed by atoms with E-state index in [1.165, 1.54) is 11.8 Å². The summed E-state index contributed by atoms with van der Waals surface area (Å²) in [5.41, 5.74) is 1.96. The molecule has 0 saturated carbocycles. The Morgan fingerprint density at radius 3 is 2.31 bits per heavy atom. The van der Waals surface area contributed by atoms with Gasteiger partial charge < -0.3 is 15.1 Å². The van der Waals surface area contributed by atoms with Gasteiger partial charge in [-0.15, -0.1) is 0 Å². The molecular formula is C20H28F3N5O. The van der Waals surface area contributed by atoms with Crippen LogP contribution in [0.3, 0.4) is 0 Å². The fourth-order valence-corrected chi connectivity index (χ4v) is 3.76. The summed E-state index contributed by atoms with van der Waals surface area (Å²) in [6.07, 6.45) is -2.70. The largest absolute Gasteiger partial charge is 0.403 e. The molecule has 1 N–H and O–H groups in total. The number of guanidine groups is 1. The molecule has 1 aromatic rings. The number of nitrogens with zero attached hydrogens (tertiary/aromatic N) is 4. The summed E-state index contributed by atoms with van der Waals surface area (Å²) in [5, 5.41) is 3.28. The van der Waals surface area contributed by atoms with E-state index >= 15 is 0 Å². The molecule has 160 valence electrons. The molecule has 1 amide bonds. The maximum Gasteiger partial charge on any atom is 0.403 e. The second kappa shape index (κ2) is 9.02. The van der Waals surface area contributed by atoms with Crippen molar-refractivity contribution in [3.63, 3.8) is 0 Å². The lowest BCUT2D eigenvalue weighted by molar-refractivity contribution is -0.181. The molecule has 9 heteroatoms. The van der Waals surface area contributed by atoms with Gasteiger partial charge in [0.05, 0.1) is 0 Å². The summed E-state index contributed by atoms with van der Waals surface area (Å²) >= 11 is 0. The minimum atomic E-state index is -4.20. The first-order valence-electron chi connectivity index (χ1n) is 9.95. The van der Waals surface area contributed by atoms with Crippen LogP contribution in [0.1, 0.15) is 25.3 Å². The number of hydrogen-bond donors (Lipinski definition) is 1. The van der Waals surface area contributed by atoms with Crippen LogP contribution in [0.15, 0.2) is 29.3 Å². The molecule has 0 aromatic heterocycles. The standard InChI is InChI=1S/C20H28F3N5O/c1-15(20(21,22)23)26-10-12-27(13-11-26)19(24-2)25-14-16-5-7-17(8-6-16)28-9-3-4-18(28)29/h5-8,15H,3-4,9-14H2,1-2H3,(H,24,25). The number of hydrogen-bond acceptors (Lipinski definition) is 3. The van der Waals surface area contributed by atoms with E-state index in [0.717, 1.165) is 24.2 Å². The molecule has 2 saturated heterocycles. The smallest absolute Gasteiger partial charge is 0.352 e. The number of carbonyl (C=O) groups excluding carboxylic acids is 1. The van der Waals surface area contributed by atoms with Gasteiger partial charge in [0.25, 0.3) is 0 Å². The summed E-state index contributed by atoms with van der Waals surface area (Å²) in [7, 11) is 1.68. The van der Waals surface area contributed by atoms with Crippen molar-refractivity contribution in [1.29, 1.82) is 0 Å². The Balaban J connectivity index is 1.50. The average Bonchev–Trinajstić information content (AvgIpc) is 3.14. The summed E-state index contributed by atoms with van der Waals surface area (Å²) in [6, 6.07) is 6.41. The lowest BCUT2D eigenvalue weighted by atomic mass is 10.2. The fourth-order valence-electron chi connectivity index (χ4n) is 3.76. The molecule has 2 heterocycles. The number of carbonyl (C=O) groups is 1. The molecule has 0 bridgehead atoms. The van der Waals surface area contributed by atoms with Gasteiger partial charge >= 0.3 is 6.18 Å². The van der Waals surface area contributed by atoms with Crippen molar-refractivity contribution in [3.8, 4) is 0 Å². The quantitative estimate of drug-likeness (QED) is 0.611. The minimum absolute atomic E-state index is 0.162. The maximum absolute atomic E-state index is 12.9. The van der Waals surface area contributed by atoms with Gasteiger partial charge in [0.15, 0.2) is 5.96 Å². The van der Waals surface area contributed by atoms with Crippen molar-refractivity contribution in [1.82, 2.24) is 15.1 Å². The van der Waals surface area contributed by atoms with Gasteiger partial charge in [0.1, 0.15) is 6.04 Å². The number of halogens is 3. The van der Waals surface area contributed by atoms with Crippen LogP contribution in [0.5, 0.6) is 0 Å². The highest BCUT2D eigenvalue weighted by atomic mass is 19.4. The van der Waals surface area contributed by atoms with E-state index in [4.69, 9.17) is 0 Å². The predicted molar refractivity (Wildman–Crippen MR) is 107 cm³/mol. The molecule has 0 aliphatic carbocycles. The molecule has 29 heavy (non-hydrogen) atoms. The summed E-state index contributed by atoms with van der Waals surface area (Å²) in [6.45, 7) is 4.22. The Hall–Kier alpha value is -2.29. The number of nitrogens with one attached hydrogen (secondary N) is 1. The second-order valence-electron chi connectivity index (χ2n) is 7.46. The number of piperazine rings is 1. The highest BCUT2D eigenvalue weighted by Gasteiger charge is 2.41. The van der Waals surface area contributed by atoms with E-state index in [0.29, 0.717) is 45.1 Å². The van der Waals surface area contributed by atoms with E-state index in [-0.39, 0.29) is 5.91 Å². The number of alkyl halides is 3. The summed E-state index contributed by atoms with van der Waals surface area (Å²) in [4.78, 5) is 21.4. The SMILES string of the molecule is CN=C(NCc1ccc(N2CCCC2=O)cc1)N1CCN(C(C)C(F)(F)F)CC1. The Morgan fingerprint density at radius 1 is 1.14 bits per heavy atom. The van der Waals surface area contributed by atoms with Gasteiger partial charge in [-0.3, -0.25) is 14.7 Å². The third-order valence-electron chi connectivity index (χ3n) is 5.62. The summed E-state index contributed by atoms with van der Waals surface area (Å²) in [5.74, 6) is 0.846. The van der Waals surface area contributed by atoms with Gasteiger partial charge in [-0.25, -0.2) is 0 Å². The van der Waals surface area contributed by atoms with Crippen LogP contribution >= 0.6 is 0 Å². The maximum atomic E-state index is 12.9. The normalized spacial score (nSPS) is 20.3. The third-order valence-corrected chi connectivity index (χ3v) is 5.62. The molecule has 2 aliphatic rings. The first kappa shape index (κ1) is 21.4. The van der Waals surface area contributed by atoms with Gasteiger partial charge in [-0.2, -0.15) is 13.2 Å². The van der Waals surface area contributed by atoms with Crippen LogP contribution in [0.4, 0.5) is 18.9 Å². The van der Waals surface area contributed by atoms with Crippen molar-refractivity contribution in [2.75, 3.05) is 44.7 Å². The van der Waals surface area contributed by atoms with Crippen LogP contribution in [-0.2, 0) is 11.3 Å². The van der Waals surface area contributed by atoms with Crippen molar-refractivity contribution in [3.05, 3.63) is 29.8 Å². The van der Waals surface area contributed by atoms with Crippen LogP contribution in [0.25, 0.3) is 0 Å². The zero-order chi connectivity index (χ0) is 21.0. The van der Waals surface area contributed by atoms with Crippen molar-refractivity contribution < 1.29 is 18.0 Å². The van der Waals surface area contributed by atoms with Gasteiger partial charge in [0.2, 0.25) is 5.91 Å². The number of rotatable bonds is 4. The highest BCUT2D eigenvalue weighted by molar-refractivity contribution is 5.95. The van der Waals surface area contributed by atoms with E-state index in [1.807, 2.05) is 29.2 Å². The topological polar surface area (TPSA) is 51.2 Å². The predicted octanol–water partition coefficient (Wildman–Crippen LogP) is 2.46. The van der Waals surface area contributed by atoms with E-state index in [1.54, 1.807) is 11.9 Å². The Kier molecular flexibility index (Phi) is 6.66. The molecular weight excluding hydrogens is 383 g/mol. The lowest BCUT2D eigenvalue weighted by Gasteiger charge is -2.39. The first-order valence-corrected chi connectivity index (χ1v) is 9.95. The van der Waals surface area contributed by atoms with Gasteiger partial charge in [-0.1, -0.05) is 12.1 Å². The molecule has 6 nitrogen and oxygen atoms in total. The summed E-state index contributed by atoms with van der Waals surface area (Å²) < 4.78 is 38.7. The fraction of sp³-hybridized carbons (Fsp3) is 0.600. The number of benzene rings is 1. The average molecular weight is 411 g/mol. The first-order chi connectivity index (χ1) is 13.8. The molecule has 2 aliphatic heterocycles. The Morgan fingerprint density at radius 2 is 1.79 bits per heavy atom.